The van der Waals surface area contributed by atoms with Gasteiger partial charge in [-0.25, -0.2) is 14.6 Å². The summed E-state index contributed by atoms with van der Waals surface area (Å²) >= 11 is 2.53. The molecule has 2 aromatic rings. The highest BCUT2D eigenvalue weighted by atomic mass is 33.1. The number of thioether (sulfide) groups is 1. The van der Waals surface area contributed by atoms with E-state index in [0.29, 0.717) is 20.3 Å². The third-order valence-electron chi connectivity index (χ3n) is 16.7. The van der Waals surface area contributed by atoms with Crippen LogP contribution in [-0.4, -0.2) is 265 Å². The number of hydrogen-bond acceptors (Lipinski definition) is 28. The fourth-order valence-electron chi connectivity index (χ4n) is 10.8. The van der Waals surface area contributed by atoms with E-state index in [-0.39, 0.29) is 191 Å². The molecule has 0 fully saturated rings. The number of amides is 9. The highest BCUT2D eigenvalue weighted by Crippen LogP contribution is 2.32. The van der Waals surface area contributed by atoms with Crippen LogP contribution >= 0.6 is 44.7 Å². The Labute approximate surface area is 700 Å². The number of carbonyl (C=O) groups excluding carboxylic acids is 10. The van der Waals surface area contributed by atoms with E-state index in [0.717, 1.165) is 10.8 Å². The molecule has 0 aliphatic carbocycles. The number of primary amides is 1. The molecule has 1 aromatic heterocycles. The molecule has 50 nitrogen and oxygen atoms in total. The first-order chi connectivity index (χ1) is 56.4. The fourth-order valence-corrected chi connectivity index (χ4v) is 14.8. The molecule has 3 rings (SSSR count). The lowest BCUT2D eigenvalue weighted by Gasteiger charge is -2.28. The number of nitrogens with two attached hydrogens (primary N) is 10. The maximum Gasteiger partial charge on any atom is 0.513 e. The third-order valence-corrected chi connectivity index (χ3v) is 21.3. The summed E-state index contributed by atoms with van der Waals surface area (Å²) < 4.78 is 11.3. The second-order valence-corrected chi connectivity index (χ2v) is 31.1. The zero-order valence-electron chi connectivity index (χ0n) is 65.4. The van der Waals surface area contributed by atoms with E-state index in [2.05, 4.69) is 95.0 Å². The predicted octanol–water partition coefficient (Wildman–Crippen LogP) is -8.06. The van der Waals surface area contributed by atoms with Crippen LogP contribution in [-0.2, 0) is 52.7 Å². The highest BCUT2D eigenvalue weighted by molar-refractivity contribution is 8.76. The molecular weight excluding hydrogens is 1640 g/mol. The third kappa shape index (κ3) is 43.1. The van der Waals surface area contributed by atoms with E-state index in [1.165, 1.54) is 40.0 Å². The topological polar surface area (TPSA) is 895 Å². The summed E-state index contributed by atoms with van der Waals surface area (Å²) in [5.74, 6) is -12.2. The standard InChI is InChI=1S/C65H114N36O14S4/c66-33(30-118-117-28-27-114-65(113)115-32-17-18-34-44(29-32)119-55(100-34)54-101-43(31-116-54)56(111)112)46(103)93-36(10-2-20-85-58(70)71)48(105)95-38(12-4-22-87-60(74)75)50(107)97-40(14-6-24-89-62(78)79)52(109)99-42(16-8-26-91-64(82)83)53(110)98-41(15-7-25-90-63(80)81)51(108)96-39(13-5-23-88-61(76)77)49(106)94-37(11-3-21-86-59(72)73)47(104)92-35(45(67)102)9-1-19-84-57(68)69/h17-18,29,33,35-43H,1-16,19-28,30-31,66H2,(H2,67,102)(H,92,104)(H,93,103)(H,94,106)(H,95,105)(H,96,108)(H,97,107)(H,98,110)(H,99,109)(H,111,112)(H4,68,69,84)(H4,70,71,85)(H4,72,73,86)(H4,74,75,87)(H4,76,77,88)(H4,78,79,89)(H4,80,81,90)(H4,82,83,91)/t33-,35-,36-,37-,38-,39-,40-,41-,42-,43-/m1/s1. The van der Waals surface area contributed by atoms with E-state index in [1.807, 2.05) is 0 Å². The van der Waals surface area contributed by atoms with Gasteiger partial charge in [0.2, 0.25) is 53.2 Å². The molecule has 0 spiro atoms. The maximum absolute atomic E-state index is 14.9. The van der Waals surface area contributed by atoms with Gasteiger partial charge in [0.15, 0.2) is 53.7 Å². The number of aliphatic carboxylic acids is 1. The fraction of sp³-hybridized carbons (Fsp3) is 0.585. The molecule has 1 aliphatic heterocycles. The van der Waals surface area contributed by atoms with Crippen LogP contribution in [0.1, 0.15) is 108 Å². The number of aromatic nitrogens is 1. The van der Waals surface area contributed by atoms with Gasteiger partial charge in [0, 0.05) is 75.7 Å². The number of aliphatic imine (C=N–C) groups is 1. The van der Waals surface area contributed by atoms with Gasteiger partial charge in [-0.1, -0.05) is 21.6 Å². The summed E-state index contributed by atoms with van der Waals surface area (Å²) in [6.07, 6.45) is -1.89. The minimum Gasteiger partial charge on any atom is -0.480 e. The molecule has 0 radical (unpaired) electrons. The Morgan fingerprint density at radius 3 is 1.02 bits per heavy atom. The van der Waals surface area contributed by atoms with Crippen LogP contribution in [0.2, 0.25) is 0 Å². The molecule has 10 atom stereocenters. The quantitative estimate of drug-likeness (QED) is 0.00730. The van der Waals surface area contributed by atoms with Crippen molar-refractivity contribution < 1.29 is 67.3 Å². The Balaban J connectivity index is 1.95. The average Bonchev–Trinajstić information content (AvgIpc) is 1.66. The molecule has 1 aliphatic rings. The Hall–Kier alpha value is -12.1. The van der Waals surface area contributed by atoms with Gasteiger partial charge in [-0.05, 0) is 115 Å². The van der Waals surface area contributed by atoms with E-state index < -0.39 is 167 Å². The largest absolute Gasteiger partial charge is 0.513 e. The smallest absolute Gasteiger partial charge is 0.480 e. The van der Waals surface area contributed by atoms with Gasteiger partial charge < -0.3 is 157 Å². The monoisotopic (exact) mass is 1750 g/mol. The molecule has 0 bridgehead atoms. The SMILES string of the molecule is N=C(N)NCCC[C@@H](NC(=O)[C@@H](CCCNC(=N)N)NC(=O)[C@@H](CCCNC(=N)N)NC(=O)[C@@H](CCCNC(=N)N)NC(=O)[C@@H](CCCNC(=N)N)NC(=O)[C@@H](CCCNC(=N)N)NC(=O)[C@@H](CCCNC(=N)N)NC(=O)[C@@H](CCCNC(=N)N)NC(=O)[C@H](N)CSSCCOC(=O)Oc1ccc2nc(C3=N[C@@H](C(=O)O)CS3)sc2c1)C(N)=O. The van der Waals surface area contributed by atoms with E-state index in [4.69, 9.17) is 110 Å². The van der Waals surface area contributed by atoms with Crippen LogP contribution in [0, 0.1) is 43.3 Å². The van der Waals surface area contributed by atoms with Crippen molar-refractivity contribution in [2.24, 2.45) is 62.3 Å². The number of ether oxygens (including phenoxy) is 2. The van der Waals surface area contributed by atoms with Crippen molar-refractivity contribution in [3.05, 3.63) is 23.2 Å². The number of carbonyl (C=O) groups is 11. The summed E-state index contributed by atoms with van der Waals surface area (Å²) in [6.45, 7) is 0.00722. The van der Waals surface area contributed by atoms with E-state index in [9.17, 15) is 57.8 Å². The second kappa shape index (κ2) is 55.5. The average molecular weight is 1750 g/mol. The summed E-state index contributed by atoms with van der Waals surface area (Å²) in [4.78, 5) is 162. The molecule has 662 valence electrons. The molecular formula is C65H114N36O14S4. The van der Waals surface area contributed by atoms with Gasteiger partial charge >= 0.3 is 12.1 Å². The lowest BCUT2D eigenvalue weighted by Crippen LogP contribution is -2.60. The number of rotatable bonds is 58. The number of thiazole rings is 1. The van der Waals surface area contributed by atoms with Crippen LogP contribution in [0.4, 0.5) is 4.79 Å². The first kappa shape index (κ1) is 101. The summed E-state index contributed by atoms with van der Waals surface area (Å²) in [7, 11) is 2.34. The number of hydrogen-bond donors (Lipinski definition) is 35. The van der Waals surface area contributed by atoms with Gasteiger partial charge in [0.05, 0.1) is 16.3 Å². The first-order valence-corrected chi connectivity index (χ1v) is 41.8. The van der Waals surface area contributed by atoms with Crippen LogP contribution < -0.4 is 147 Å². The summed E-state index contributed by atoms with van der Waals surface area (Å²) in [5.41, 5.74) is 56.7. The van der Waals surface area contributed by atoms with Gasteiger partial charge in [-0.2, -0.15) is 0 Å². The molecule has 0 saturated carbocycles. The van der Waals surface area contributed by atoms with Crippen LogP contribution in [0.3, 0.4) is 0 Å². The number of nitrogens with one attached hydrogen (secondary N) is 24. The van der Waals surface area contributed by atoms with Gasteiger partial charge in [0.25, 0.3) is 0 Å². The number of nitrogens with zero attached hydrogens (tertiary/aromatic N) is 2. The Bertz CT molecular complexity index is 3860. The van der Waals surface area contributed by atoms with E-state index in [1.54, 1.807) is 12.1 Å². The van der Waals surface area contributed by atoms with Crippen molar-refractivity contribution in [3.63, 3.8) is 0 Å². The van der Waals surface area contributed by atoms with Crippen molar-refractivity contribution in [2.75, 3.05) is 76.2 Å². The van der Waals surface area contributed by atoms with Crippen LogP contribution in [0.15, 0.2) is 23.2 Å². The Morgan fingerprint density at radius 2 is 0.731 bits per heavy atom. The lowest BCUT2D eigenvalue weighted by atomic mass is 10.0. The summed E-state index contributed by atoms with van der Waals surface area (Å²) in [6, 6.07) is -9.35. The minimum absolute atomic E-state index is 0.00342. The Morgan fingerprint density at radius 1 is 0.437 bits per heavy atom. The van der Waals surface area contributed by atoms with Crippen molar-refractivity contribution in [1.82, 2.24) is 90.1 Å². The number of guanidine groups is 8. The molecule has 119 heavy (non-hydrogen) atoms. The predicted molar refractivity (Wildman–Crippen MR) is 453 cm³/mol. The van der Waals surface area contributed by atoms with Crippen molar-refractivity contribution in [3.8, 4) is 5.75 Å². The molecule has 1 aromatic carbocycles. The number of fused-ring (bicyclic) bond motifs is 1. The van der Waals surface area contributed by atoms with Crippen molar-refractivity contribution in [2.45, 2.75) is 163 Å². The van der Waals surface area contributed by atoms with Crippen LogP contribution in [0.25, 0.3) is 10.2 Å². The maximum atomic E-state index is 14.9. The molecule has 54 heteroatoms. The number of carboxylic acid groups (broad SMARTS) is 1. The van der Waals surface area contributed by atoms with Crippen molar-refractivity contribution >= 4 is 173 Å². The normalized spacial score (nSPS) is 14.3. The second-order valence-electron chi connectivity index (χ2n) is 26.4. The Kier molecular flexibility index (Phi) is 47.2. The molecule has 0 unspecified atom stereocenters. The lowest BCUT2D eigenvalue weighted by molar-refractivity contribution is -0.138. The molecule has 2 heterocycles. The number of carboxylic acids is 1. The zero-order chi connectivity index (χ0) is 88.5. The molecule has 45 N–H and O–H groups in total. The van der Waals surface area contributed by atoms with Gasteiger partial charge in [-0.15, -0.1) is 23.1 Å². The van der Waals surface area contributed by atoms with Crippen molar-refractivity contribution in [1.29, 1.82) is 43.3 Å². The van der Waals surface area contributed by atoms with Crippen LogP contribution in [0.5, 0.6) is 5.75 Å². The highest BCUT2D eigenvalue weighted by Gasteiger charge is 2.36. The first-order valence-electron chi connectivity index (χ1n) is 37.5. The summed E-state index contributed by atoms with van der Waals surface area (Å²) in [5, 5.41) is 113. The number of benzene rings is 1. The molecule has 9 amide bonds. The molecule has 0 saturated heterocycles. The zero-order valence-corrected chi connectivity index (χ0v) is 68.6. The minimum atomic E-state index is -1.60. The van der Waals surface area contributed by atoms with Gasteiger partial charge in [0.1, 0.15) is 70.7 Å². The van der Waals surface area contributed by atoms with Gasteiger partial charge in [-0.3, -0.25) is 91.4 Å². The van der Waals surface area contributed by atoms with E-state index >= 15 is 0 Å².